The van der Waals surface area contributed by atoms with Gasteiger partial charge in [0.15, 0.2) is 0 Å². The standard InChI is InChI=1S/C12H19NO3/c1-15-7-6-10-2-4-12(5-3-10)16-9-11(14)8-13/h2-5,11,14H,6-9,13H2,1H3/t11-/m0/s1. The first-order chi connectivity index (χ1) is 7.76. The smallest absolute Gasteiger partial charge is 0.119 e. The molecule has 3 N–H and O–H groups in total. The van der Waals surface area contributed by atoms with Crippen LogP contribution in [0.3, 0.4) is 0 Å². The van der Waals surface area contributed by atoms with Gasteiger partial charge < -0.3 is 20.3 Å². The van der Waals surface area contributed by atoms with Crippen LogP contribution in [-0.2, 0) is 11.2 Å². The summed E-state index contributed by atoms with van der Waals surface area (Å²) in [7, 11) is 1.69. The predicted molar refractivity (Wildman–Crippen MR) is 62.6 cm³/mol. The molecule has 16 heavy (non-hydrogen) atoms. The highest BCUT2D eigenvalue weighted by Gasteiger charge is 2.02. The Kier molecular flexibility index (Phi) is 5.85. The molecule has 0 radical (unpaired) electrons. The minimum atomic E-state index is -0.604. The van der Waals surface area contributed by atoms with Crippen molar-refractivity contribution in [3.05, 3.63) is 29.8 Å². The second-order valence-electron chi connectivity index (χ2n) is 3.59. The minimum Gasteiger partial charge on any atom is -0.491 e. The summed E-state index contributed by atoms with van der Waals surface area (Å²) in [4.78, 5) is 0. The highest BCUT2D eigenvalue weighted by atomic mass is 16.5. The van der Waals surface area contributed by atoms with E-state index in [9.17, 15) is 5.11 Å². The number of aliphatic hydroxyl groups excluding tert-OH is 1. The van der Waals surface area contributed by atoms with E-state index in [4.69, 9.17) is 15.2 Å². The van der Waals surface area contributed by atoms with E-state index in [1.165, 1.54) is 5.56 Å². The molecular formula is C12H19NO3. The average Bonchev–Trinajstić information content (AvgIpc) is 2.34. The van der Waals surface area contributed by atoms with Gasteiger partial charge in [-0.15, -0.1) is 0 Å². The minimum absolute atomic E-state index is 0.214. The third-order valence-corrected chi connectivity index (χ3v) is 2.23. The lowest BCUT2D eigenvalue weighted by molar-refractivity contribution is 0.114. The molecule has 0 aliphatic rings. The third kappa shape index (κ3) is 4.61. The van der Waals surface area contributed by atoms with Gasteiger partial charge >= 0.3 is 0 Å². The Balaban J connectivity index is 2.38. The summed E-state index contributed by atoms with van der Waals surface area (Å²) in [5, 5.41) is 9.22. The highest BCUT2D eigenvalue weighted by molar-refractivity contribution is 5.27. The summed E-state index contributed by atoms with van der Waals surface area (Å²) < 4.78 is 10.3. The van der Waals surface area contributed by atoms with E-state index in [1.807, 2.05) is 24.3 Å². The van der Waals surface area contributed by atoms with Crippen LogP contribution in [0.25, 0.3) is 0 Å². The van der Waals surface area contributed by atoms with E-state index in [0.717, 1.165) is 12.2 Å². The average molecular weight is 225 g/mol. The Morgan fingerprint density at radius 3 is 2.56 bits per heavy atom. The quantitative estimate of drug-likeness (QED) is 0.712. The number of hydrogen-bond acceptors (Lipinski definition) is 4. The van der Waals surface area contributed by atoms with Crippen molar-refractivity contribution in [2.75, 3.05) is 26.9 Å². The van der Waals surface area contributed by atoms with Crippen LogP contribution in [0.1, 0.15) is 5.56 Å². The summed E-state index contributed by atoms with van der Waals surface area (Å²) in [6.07, 6.45) is 0.288. The topological polar surface area (TPSA) is 64.7 Å². The predicted octanol–water partition coefficient (Wildman–Crippen LogP) is 0.574. The van der Waals surface area contributed by atoms with Crippen molar-refractivity contribution in [3.8, 4) is 5.75 Å². The van der Waals surface area contributed by atoms with Crippen molar-refractivity contribution >= 4 is 0 Å². The molecule has 1 aromatic carbocycles. The SMILES string of the molecule is COCCc1ccc(OC[C@@H](O)CN)cc1. The van der Waals surface area contributed by atoms with Gasteiger partial charge in [-0.3, -0.25) is 0 Å². The van der Waals surface area contributed by atoms with Crippen LogP contribution in [0.15, 0.2) is 24.3 Å². The van der Waals surface area contributed by atoms with Crippen molar-refractivity contribution in [2.24, 2.45) is 5.73 Å². The van der Waals surface area contributed by atoms with Gasteiger partial charge in [-0.05, 0) is 24.1 Å². The van der Waals surface area contributed by atoms with Crippen LogP contribution in [0.2, 0.25) is 0 Å². The summed E-state index contributed by atoms with van der Waals surface area (Å²) in [5.74, 6) is 0.744. The monoisotopic (exact) mass is 225 g/mol. The fraction of sp³-hybridized carbons (Fsp3) is 0.500. The molecule has 0 saturated heterocycles. The van der Waals surface area contributed by atoms with E-state index < -0.39 is 6.10 Å². The van der Waals surface area contributed by atoms with Crippen molar-refractivity contribution in [1.82, 2.24) is 0 Å². The van der Waals surface area contributed by atoms with Gasteiger partial charge in [-0.2, -0.15) is 0 Å². The highest BCUT2D eigenvalue weighted by Crippen LogP contribution is 2.12. The second kappa shape index (κ2) is 7.22. The third-order valence-electron chi connectivity index (χ3n) is 2.23. The van der Waals surface area contributed by atoms with Gasteiger partial charge in [0, 0.05) is 13.7 Å². The van der Waals surface area contributed by atoms with E-state index >= 15 is 0 Å². The van der Waals surface area contributed by atoms with Crippen LogP contribution in [-0.4, -0.2) is 38.1 Å². The maximum absolute atomic E-state index is 9.22. The zero-order valence-corrected chi connectivity index (χ0v) is 9.56. The molecule has 0 bridgehead atoms. The summed E-state index contributed by atoms with van der Waals surface area (Å²) >= 11 is 0. The van der Waals surface area contributed by atoms with Crippen molar-refractivity contribution in [1.29, 1.82) is 0 Å². The second-order valence-corrected chi connectivity index (χ2v) is 3.59. The number of aliphatic hydroxyl groups is 1. The van der Waals surface area contributed by atoms with E-state index in [-0.39, 0.29) is 13.2 Å². The zero-order valence-electron chi connectivity index (χ0n) is 9.56. The maximum Gasteiger partial charge on any atom is 0.119 e. The van der Waals surface area contributed by atoms with E-state index in [0.29, 0.717) is 6.61 Å². The molecular weight excluding hydrogens is 206 g/mol. The molecule has 4 nitrogen and oxygen atoms in total. The zero-order chi connectivity index (χ0) is 11.8. The Bertz CT molecular complexity index is 287. The first-order valence-corrected chi connectivity index (χ1v) is 5.35. The van der Waals surface area contributed by atoms with Crippen molar-refractivity contribution in [3.63, 3.8) is 0 Å². The van der Waals surface area contributed by atoms with E-state index in [2.05, 4.69) is 0 Å². The fourth-order valence-corrected chi connectivity index (χ4v) is 1.23. The molecule has 0 aliphatic carbocycles. The normalized spacial score (nSPS) is 12.4. The molecule has 1 atom stereocenters. The lowest BCUT2D eigenvalue weighted by Gasteiger charge is -2.10. The summed E-state index contributed by atoms with van der Waals surface area (Å²) in [6, 6.07) is 7.74. The molecule has 90 valence electrons. The Labute approximate surface area is 96.0 Å². The van der Waals surface area contributed by atoms with Gasteiger partial charge in [0.05, 0.1) is 6.61 Å². The van der Waals surface area contributed by atoms with Crippen molar-refractivity contribution in [2.45, 2.75) is 12.5 Å². The van der Waals surface area contributed by atoms with Crippen molar-refractivity contribution < 1.29 is 14.6 Å². The number of benzene rings is 1. The number of hydrogen-bond donors (Lipinski definition) is 2. The van der Waals surface area contributed by atoms with Gasteiger partial charge in [0.25, 0.3) is 0 Å². The largest absolute Gasteiger partial charge is 0.491 e. The van der Waals surface area contributed by atoms with Crippen LogP contribution >= 0.6 is 0 Å². The maximum atomic E-state index is 9.22. The van der Waals surface area contributed by atoms with Gasteiger partial charge in [0.1, 0.15) is 18.5 Å². The molecule has 1 aromatic rings. The van der Waals surface area contributed by atoms with E-state index in [1.54, 1.807) is 7.11 Å². The Morgan fingerprint density at radius 1 is 1.31 bits per heavy atom. The van der Waals surface area contributed by atoms with Gasteiger partial charge in [-0.25, -0.2) is 0 Å². The van der Waals surface area contributed by atoms with Crippen LogP contribution in [0.4, 0.5) is 0 Å². The summed E-state index contributed by atoms with van der Waals surface area (Å²) in [5.41, 5.74) is 6.47. The number of rotatable bonds is 7. The van der Waals surface area contributed by atoms with Crippen LogP contribution < -0.4 is 10.5 Å². The summed E-state index contributed by atoms with van der Waals surface area (Å²) in [6.45, 7) is 1.16. The molecule has 1 rings (SSSR count). The Morgan fingerprint density at radius 2 is 2.00 bits per heavy atom. The Hall–Kier alpha value is -1.10. The first-order valence-electron chi connectivity index (χ1n) is 5.35. The molecule has 0 aliphatic heterocycles. The number of nitrogens with two attached hydrogens (primary N) is 1. The first kappa shape index (κ1) is 13.0. The molecule has 0 spiro atoms. The number of ether oxygens (including phenoxy) is 2. The van der Waals surface area contributed by atoms with Crippen LogP contribution in [0.5, 0.6) is 5.75 Å². The molecule has 4 heteroatoms. The molecule has 0 aromatic heterocycles. The molecule has 0 heterocycles. The lowest BCUT2D eigenvalue weighted by atomic mass is 10.1. The van der Waals surface area contributed by atoms with Crippen LogP contribution in [0, 0.1) is 0 Å². The molecule has 0 saturated carbocycles. The molecule has 0 amide bonds. The lowest BCUT2D eigenvalue weighted by Crippen LogP contribution is -2.26. The van der Waals surface area contributed by atoms with Gasteiger partial charge in [0.2, 0.25) is 0 Å². The fourth-order valence-electron chi connectivity index (χ4n) is 1.23. The molecule has 0 unspecified atom stereocenters. The van der Waals surface area contributed by atoms with Gasteiger partial charge in [-0.1, -0.05) is 12.1 Å². The molecule has 0 fully saturated rings. The number of methoxy groups -OCH3 is 1.